The van der Waals surface area contributed by atoms with Crippen molar-refractivity contribution in [1.29, 1.82) is 0 Å². The van der Waals surface area contributed by atoms with E-state index in [1.54, 1.807) is 0 Å². The predicted octanol–water partition coefficient (Wildman–Crippen LogP) is -3.39. The number of nitro benzene ring substituents is 1. The maximum absolute atomic E-state index is 10.2. The van der Waals surface area contributed by atoms with E-state index in [1.165, 1.54) is 0 Å². The summed E-state index contributed by atoms with van der Waals surface area (Å²) in [5.74, 6) is -0.259. The van der Waals surface area contributed by atoms with Crippen LogP contribution in [0.25, 0.3) is 0 Å². The number of hydrogen-bond acceptors (Lipinski definition) is 6. The molecule has 0 atom stereocenters. The first-order valence-corrected chi connectivity index (χ1v) is 4.61. The summed E-state index contributed by atoms with van der Waals surface area (Å²) in [5, 5.41) is 10.2. The molecule has 0 spiro atoms. The number of non-ortho nitro benzene ring substituents is 1. The van der Waals surface area contributed by atoms with Crippen molar-refractivity contribution < 1.29 is 78.9 Å². The third-order valence-corrected chi connectivity index (χ3v) is 1.64. The first-order chi connectivity index (χ1) is 6.38. The van der Waals surface area contributed by atoms with Crippen LogP contribution in [-0.4, -0.2) is 23.4 Å². The predicted molar refractivity (Wildman–Crippen MR) is 47.0 cm³/mol. The normalized spacial score (nSPS) is 9.56. The van der Waals surface area contributed by atoms with Crippen LogP contribution in [0.1, 0.15) is 0 Å². The van der Waals surface area contributed by atoms with Crippen molar-refractivity contribution in [3.05, 3.63) is 34.4 Å². The van der Waals surface area contributed by atoms with Gasteiger partial charge in [0.25, 0.3) is 16.1 Å². The molecule has 0 bridgehead atoms. The van der Waals surface area contributed by atoms with E-state index in [-0.39, 0.29) is 68.3 Å². The van der Waals surface area contributed by atoms with Crippen LogP contribution in [0.15, 0.2) is 24.3 Å². The SMILES string of the molecule is O.O=[N+]([O-])c1ccc(OS(=O)(=O)[O-])cc1.[K+]. The fourth-order valence-corrected chi connectivity index (χ4v) is 1.09. The molecule has 0 amide bonds. The number of rotatable bonds is 3. The van der Waals surface area contributed by atoms with Gasteiger partial charge in [-0.2, -0.15) is 0 Å². The van der Waals surface area contributed by atoms with E-state index in [9.17, 15) is 23.1 Å². The molecule has 2 N–H and O–H groups in total. The molecule has 0 aliphatic heterocycles. The first-order valence-electron chi connectivity index (χ1n) is 3.28. The van der Waals surface area contributed by atoms with E-state index in [4.69, 9.17) is 0 Å². The van der Waals surface area contributed by atoms with Gasteiger partial charge in [0, 0.05) is 12.1 Å². The number of nitrogens with zero attached hydrogens (tertiary/aromatic N) is 1. The average Bonchev–Trinajstić information content (AvgIpc) is 2.02. The second kappa shape index (κ2) is 7.29. The fraction of sp³-hybridized carbons (Fsp3) is 0. The van der Waals surface area contributed by atoms with E-state index < -0.39 is 15.3 Å². The van der Waals surface area contributed by atoms with E-state index in [0.29, 0.717) is 0 Å². The Morgan fingerprint density at radius 2 is 1.62 bits per heavy atom. The van der Waals surface area contributed by atoms with Crippen LogP contribution in [0.5, 0.6) is 5.75 Å². The smallest absolute Gasteiger partial charge is 0.716 e. The van der Waals surface area contributed by atoms with Gasteiger partial charge >= 0.3 is 51.4 Å². The second-order valence-electron chi connectivity index (χ2n) is 2.24. The van der Waals surface area contributed by atoms with E-state index in [2.05, 4.69) is 4.18 Å². The Bertz CT molecular complexity index is 442. The van der Waals surface area contributed by atoms with Gasteiger partial charge in [-0.15, -0.1) is 0 Å². The van der Waals surface area contributed by atoms with Crippen molar-refractivity contribution in [2.24, 2.45) is 0 Å². The largest absolute Gasteiger partial charge is 1.00 e. The topological polar surface area (TPSA) is 141 Å². The van der Waals surface area contributed by atoms with Crippen molar-refractivity contribution in [3.63, 3.8) is 0 Å². The summed E-state index contributed by atoms with van der Waals surface area (Å²) in [7, 11) is -4.83. The van der Waals surface area contributed by atoms with Gasteiger partial charge in [-0.1, -0.05) is 0 Å². The Morgan fingerprint density at radius 1 is 1.19 bits per heavy atom. The Balaban J connectivity index is 0. The van der Waals surface area contributed by atoms with Crippen LogP contribution >= 0.6 is 0 Å². The van der Waals surface area contributed by atoms with Crippen LogP contribution in [-0.2, 0) is 10.4 Å². The molecule has 0 radical (unpaired) electrons. The minimum Gasteiger partial charge on any atom is -0.716 e. The molecule has 0 saturated heterocycles. The average molecular weight is 275 g/mol. The molecule has 0 aliphatic rings. The zero-order chi connectivity index (χ0) is 10.8. The standard InChI is InChI=1S/C6H5NO6S.K.H2O/c8-7(9)5-1-3-6(4-2-5)13-14(10,11)12;;/h1-4H,(H,10,11,12);;1H2/q;+1;/p-1. The van der Waals surface area contributed by atoms with Crippen molar-refractivity contribution >= 4 is 16.1 Å². The minimum atomic E-state index is -4.83. The zero-order valence-electron chi connectivity index (χ0n) is 8.11. The number of hydrogen-bond donors (Lipinski definition) is 0. The molecule has 1 aromatic carbocycles. The summed E-state index contributed by atoms with van der Waals surface area (Å²) < 4.78 is 34.3. The number of benzene rings is 1. The Kier molecular flexibility index (Phi) is 8.34. The molecule has 0 aromatic heterocycles. The van der Waals surface area contributed by atoms with Gasteiger partial charge in [0.2, 0.25) is 0 Å². The van der Waals surface area contributed by atoms with Gasteiger partial charge < -0.3 is 14.2 Å². The molecule has 0 fully saturated rings. The fourth-order valence-electron chi connectivity index (χ4n) is 0.741. The Hall–Kier alpha value is -0.0736. The maximum atomic E-state index is 10.2. The second-order valence-corrected chi connectivity index (χ2v) is 3.23. The molecule has 1 aromatic rings. The molecular weight excluding hydrogens is 269 g/mol. The summed E-state index contributed by atoms with van der Waals surface area (Å²) in [4.78, 5) is 9.52. The summed E-state index contributed by atoms with van der Waals surface area (Å²) >= 11 is 0. The van der Waals surface area contributed by atoms with Crippen LogP contribution in [0.2, 0.25) is 0 Å². The van der Waals surface area contributed by atoms with Gasteiger partial charge in [-0.25, -0.2) is 8.42 Å². The molecule has 0 aliphatic carbocycles. The van der Waals surface area contributed by atoms with Gasteiger partial charge in [0.1, 0.15) is 5.75 Å². The molecular formula is C6H6KNO7S. The molecule has 16 heavy (non-hydrogen) atoms. The van der Waals surface area contributed by atoms with Crippen molar-refractivity contribution in [1.82, 2.24) is 0 Å². The third kappa shape index (κ3) is 6.50. The van der Waals surface area contributed by atoms with Crippen LogP contribution in [0, 0.1) is 10.1 Å². The van der Waals surface area contributed by atoms with Gasteiger partial charge in [-0.3, -0.25) is 10.1 Å². The quantitative estimate of drug-likeness (QED) is 0.185. The van der Waals surface area contributed by atoms with Gasteiger partial charge in [0.15, 0.2) is 0 Å². The molecule has 0 heterocycles. The van der Waals surface area contributed by atoms with Crippen molar-refractivity contribution in [2.75, 3.05) is 0 Å². The molecule has 0 unspecified atom stereocenters. The van der Waals surface area contributed by atoms with E-state index >= 15 is 0 Å². The van der Waals surface area contributed by atoms with E-state index in [1.807, 2.05) is 0 Å². The van der Waals surface area contributed by atoms with Gasteiger partial charge in [0.05, 0.1) is 4.92 Å². The summed E-state index contributed by atoms with van der Waals surface area (Å²) in [5.41, 5.74) is -0.222. The molecule has 1 rings (SSSR count). The van der Waals surface area contributed by atoms with Crippen LogP contribution in [0.3, 0.4) is 0 Å². The first kappa shape index (κ1) is 18.3. The molecule has 8 nitrogen and oxygen atoms in total. The van der Waals surface area contributed by atoms with Crippen LogP contribution < -0.4 is 55.6 Å². The zero-order valence-corrected chi connectivity index (χ0v) is 12.1. The maximum Gasteiger partial charge on any atom is 1.00 e. The number of nitro groups is 1. The third-order valence-electron chi connectivity index (χ3n) is 1.25. The Morgan fingerprint density at radius 3 is 1.94 bits per heavy atom. The summed E-state index contributed by atoms with van der Waals surface area (Å²) in [6.45, 7) is 0. The summed E-state index contributed by atoms with van der Waals surface area (Å²) in [6.07, 6.45) is 0. The summed E-state index contributed by atoms with van der Waals surface area (Å²) in [6, 6.07) is 4.10. The van der Waals surface area contributed by atoms with E-state index in [0.717, 1.165) is 24.3 Å². The minimum absolute atomic E-state index is 0. The van der Waals surface area contributed by atoms with Crippen molar-refractivity contribution in [3.8, 4) is 5.75 Å². The molecule has 84 valence electrons. The van der Waals surface area contributed by atoms with Gasteiger partial charge in [-0.05, 0) is 12.1 Å². The molecule has 0 saturated carbocycles. The van der Waals surface area contributed by atoms with Crippen LogP contribution in [0.4, 0.5) is 5.69 Å². The molecule has 10 heteroatoms. The van der Waals surface area contributed by atoms with Crippen molar-refractivity contribution in [2.45, 2.75) is 0 Å². The Labute approximate surface area is 133 Å². The monoisotopic (exact) mass is 275 g/mol.